The van der Waals surface area contributed by atoms with Gasteiger partial charge in [0.05, 0.1) is 12.7 Å². The van der Waals surface area contributed by atoms with Crippen LogP contribution in [0, 0.1) is 11.3 Å². The highest BCUT2D eigenvalue weighted by Gasteiger charge is 2.45. The fourth-order valence-electron chi connectivity index (χ4n) is 4.36. The molecule has 2 fully saturated rings. The molecule has 2 rings (SSSR count). The Morgan fingerprint density at radius 2 is 1.84 bits per heavy atom. The summed E-state index contributed by atoms with van der Waals surface area (Å²) in [6, 6.07) is 0. The number of hydrogen-bond donors (Lipinski definition) is 0. The predicted molar refractivity (Wildman–Crippen MR) is 103 cm³/mol. The summed E-state index contributed by atoms with van der Waals surface area (Å²) in [5.41, 5.74) is 0.405. The van der Waals surface area contributed by atoms with Crippen LogP contribution in [0.3, 0.4) is 0 Å². The average Bonchev–Trinajstić information content (AvgIpc) is 2.95. The molecule has 1 saturated heterocycles. The molecule has 0 radical (unpaired) electrons. The second-order valence-corrected chi connectivity index (χ2v) is 9.08. The smallest absolute Gasteiger partial charge is 0.168 e. The Balaban J connectivity index is 1.73. The van der Waals surface area contributed by atoms with Gasteiger partial charge in [0.1, 0.15) is 0 Å². The Hall–Kier alpha value is -0.160. The molecule has 2 aliphatic rings. The Morgan fingerprint density at radius 3 is 2.44 bits per heavy atom. The van der Waals surface area contributed by atoms with Crippen LogP contribution in [0.15, 0.2) is 0 Å². The van der Waals surface area contributed by atoms with Crippen molar-refractivity contribution in [1.82, 2.24) is 4.90 Å². The number of ether oxygens (including phenoxy) is 3. The van der Waals surface area contributed by atoms with Crippen LogP contribution in [0.4, 0.5) is 0 Å². The van der Waals surface area contributed by atoms with E-state index in [4.69, 9.17) is 14.2 Å². The standard InChI is InChI=1S/C21H41NO3/c1-6-13-22(14-7-16-23-5)15-10-19-17-24-21(25-19)11-8-18(9-12-21)20(2,3)4/h18-19H,6-17H2,1-5H3. The Kier molecular flexibility index (Phi) is 8.19. The van der Waals surface area contributed by atoms with Crippen molar-refractivity contribution in [3.05, 3.63) is 0 Å². The summed E-state index contributed by atoms with van der Waals surface area (Å²) in [7, 11) is 1.78. The van der Waals surface area contributed by atoms with Gasteiger partial charge >= 0.3 is 0 Å². The fraction of sp³-hybridized carbons (Fsp3) is 1.00. The quantitative estimate of drug-likeness (QED) is 0.571. The highest BCUT2D eigenvalue weighted by molar-refractivity contribution is 4.88. The highest BCUT2D eigenvalue weighted by Crippen LogP contribution is 2.45. The van der Waals surface area contributed by atoms with Crippen LogP contribution in [0.5, 0.6) is 0 Å². The fourth-order valence-corrected chi connectivity index (χ4v) is 4.36. The lowest BCUT2D eigenvalue weighted by atomic mass is 9.71. The monoisotopic (exact) mass is 355 g/mol. The maximum absolute atomic E-state index is 6.43. The van der Waals surface area contributed by atoms with Crippen LogP contribution >= 0.6 is 0 Å². The zero-order valence-electron chi connectivity index (χ0n) is 17.3. The molecule has 1 atom stereocenters. The van der Waals surface area contributed by atoms with E-state index in [2.05, 4.69) is 32.6 Å². The van der Waals surface area contributed by atoms with E-state index in [0.717, 1.165) is 64.4 Å². The number of nitrogens with zero attached hydrogens (tertiary/aromatic N) is 1. The van der Waals surface area contributed by atoms with Gasteiger partial charge in [-0.25, -0.2) is 0 Å². The molecular weight excluding hydrogens is 314 g/mol. The summed E-state index contributed by atoms with van der Waals surface area (Å²) in [5, 5.41) is 0. The van der Waals surface area contributed by atoms with E-state index < -0.39 is 0 Å². The molecule has 0 bridgehead atoms. The first-order chi connectivity index (χ1) is 11.9. The van der Waals surface area contributed by atoms with Crippen molar-refractivity contribution in [1.29, 1.82) is 0 Å². The van der Waals surface area contributed by atoms with Crippen LogP contribution in [0.2, 0.25) is 0 Å². The van der Waals surface area contributed by atoms with Gasteiger partial charge in [0.25, 0.3) is 0 Å². The molecule has 0 aromatic carbocycles. The van der Waals surface area contributed by atoms with Crippen molar-refractivity contribution < 1.29 is 14.2 Å². The molecular formula is C21H41NO3. The largest absolute Gasteiger partial charge is 0.385 e. The van der Waals surface area contributed by atoms with E-state index in [-0.39, 0.29) is 11.9 Å². The summed E-state index contributed by atoms with van der Waals surface area (Å²) in [4.78, 5) is 2.55. The van der Waals surface area contributed by atoms with Gasteiger partial charge in [-0.15, -0.1) is 0 Å². The van der Waals surface area contributed by atoms with Crippen molar-refractivity contribution in [3.63, 3.8) is 0 Å². The van der Waals surface area contributed by atoms with Crippen LogP contribution in [-0.4, -0.2) is 56.7 Å². The second-order valence-electron chi connectivity index (χ2n) is 9.08. The van der Waals surface area contributed by atoms with Crippen molar-refractivity contribution >= 4 is 0 Å². The van der Waals surface area contributed by atoms with Gasteiger partial charge in [0.2, 0.25) is 0 Å². The molecule has 4 nitrogen and oxygen atoms in total. The molecule has 0 N–H and O–H groups in total. The summed E-state index contributed by atoms with van der Waals surface area (Å²) in [6.07, 6.45) is 8.26. The minimum Gasteiger partial charge on any atom is -0.385 e. The molecule has 0 aromatic rings. The molecule has 1 saturated carbocycles. The van der Waals surface area contributed by atoms with Gasteiger partial charge in [-0.3, -0.25) is 0 Å². The maximum atomic E-state index is 6.43. The van der Waals surface area contributed by atoms with E-state index in [1.165, 1.54) is 19.3 Å². The molecule has 4 heteroatoms. The van der Waals surface area contributed by atoms with Crippen LogP contribution in [-0.2, 0) is 14.2 Å². The third-order valence-electron chi connectivity index (χ3n) is 6.02. The predicted octanol–water partition coefficient (Wildman–Crippen LogP) is 4.47. The van der Waals surface area contributed by atoms with Crippen molar-refractivity contribution in [2.75, 3.05) is 40.0 Å². The molecule has 0 aromatic heterocycles. The van der Waals surface area contributed by atoms with E-state index in [9.17, 15) is 0 Å². The zero-order valence-corrected chi connectivity index (χ0v) is 17.3. The second kappa shape index (κ2) is 9.68. The summed E-state index contributed by atoms with van der Waals surface area (Å²) in [6.45, 7) is 14.3. The highest BCUT2D eigenvalue weighted by atomic mass is 16.7. The third-order valence-corrected chi connectivity index (χ3v) is 6.02. The molecule has 0 amide bonds. The minimum absolute atomic E-state index is 0.266. The van der Waals surface area contributed by atoms with Gasteiger partial charge in [-0.05, 0) is 50.0 Å². The van der Waals surface area contributed by atoms with Gasteiger partial charge in [0, 0.05) is 39.6 Å². The Labute approximate surface area is 155 Å². The maximum Gasteiger partial charge on any atom is 0.168 e. The minimum atomic E-state index is -0.266. The number of hydrogen-bond acceptors (Lipinski definition) is 4. The van der Waals surface area contributed by atoms with E-state index in [1.54, 1.807) is 7.11 Å². The van der Waals surface area contributed by atoms with E-state index >= 15 is 0 Å². The van der Waals surface area contributed by atoms with Gasteiger partial charge in [-0.2, -0.15) is 0 Å². The van der Waals surface area contributed by atoms with Crippen molar-refractivity contribution in [2.45, 2.75) is 84.5 Å². The summed E-state index contributed by atoms with van der Waals surface area (Å²) >= 11 is 0. The lowest BCUT2D eigenvalue weighted by molar-refractivity contribution is -0.197. The van der Waals surface area contributed by atoms with Crippen LogP contribution < -0.4 is 0 Å². The molecule has 1 unspecified atom stereocenters. The van der Waals surface area contributed by atoms with E-state index in [1.807, 2.05) is 0 Å². The first-order valence-electron chi connectivity index (χ1n) is 10.4. The summed E-state index contributed by atoms with van der Waals surface area (Å²) in [5.74, 6) is 0.531. The number of rotatable bonds is 9. The Morgan fingerprint density at radius 1 is 1.12 bits per heavy atom. The van der Waals surface area contributed by atoms with Gasteiger partial charge in [0.15, 0.2) is 5.79 Å². The lowest BCUT2D eigenvalue weighted by Crippen LogP contribution is -2.39. The van der Waals surface area contributed by atoms with Crippen molar-refractivity contribution in [3.8, 4) is 0 Å². The first-order valence-corrected chi connectivity index (χ1v) is 10.4. The van der Waals surface area contributed by atoms with Crippen LogP contribution in [0.1, 0.15) is 72.6 Å². The lowest BCUT2D eigenvalue weighted by Gasteiger charge is -2.41. The first kappa shape index (κ1) is 21.1. The Bertz CT molecular complexity index is 372. The molecule has 1 spiro atoms. The molecule has 148 valence electrons. The van der Waals surface area contributed by atoms with Gasteiger partial charge < -0.3 is 19.1 Å². The SMILES string of the molecule is CCCN(CCCOC)CCC1COC2(CCC(C(C)(C)C)CC2)O1. The van der Waals surface area contributed by atoms with Gasteiger partial charge in [-0.1, -0.05) is 27.7 Å². The van der Waals surface area contributed by atoms with E-state index in [0.29, 0.717) is 5.41 Å². The van der Waals surface area contributed by atoms with Crippen LogP contribution in [0.25, 0.3) is 0 Å². The van der Waals surface area contributed by atoms with Crippen molar-refractivity contribution in [2.24, 2.45) is 11.3 Å². The molecule has 1 aliphatic heterocycles. The molecule has 25 heavy (non-hydrogen) atoms. The third kappa shape index (κ3) is 6.50. The summed E-state index contributed by atoms with van der Waals surface area (Å²) < 4.78 is 17.8. The normalized spacial score (nSPS) is 30.5. The molecule has 1 aliphatic carbocycles. The molecule has 1 heterocycles. The topological polar surface area (TPSA) is 30.9 Å². The number of methoxy groups -OCH3 is 1. The average molecular weight is 356 g/mol. The zero-order chi connectivity index (χ0) is 18.3.